The van der Waals surface area contributed by atoms with Crippen molar-refractivity contribution < 1.29 is 0 Å². The molecule has 1 atom stereocenters. The van der Waals surface area contributed by atoms with Crippen LogP contribution in [-0.2, 0) is 0 Å². The van der Waals surface area contributed by atoms with Gasteiger partial charge in [-0.15, -0.1) is 0 Å². The molecule has 1 unspecified atom stereocenters. The van der Waals surface area contributed by atoms with Crippen LogP contribution >= 0.6 is 0 Å². The van der Waals surface area contributed by atoms with E-state index in [1.165, 1.54) is 38.8 Å². The number of hydrogen-bond donors (Lipinski definition) is 0. The van der Waals surface area contributed by atoms with Gasteiger partial charge >= 0.3 is 0 Å². The molecule has 13 heavy (non-hydrogen) atoms. The van der Waals surface area contributed by atoms with Crippen molar-refractivity contribution in [3.63, 3.8) is 0 Å². The van der Waals surface area contributed by atoms with E-state index in [2.05, 4.69) is 32.6 Å². The molecule has 1 aliphatic rings. The van der Waals surface area contributed by atoms with Gasteiger partial charge in [-0.05, 0) is 37.8 Å². The lowest BCUT2D eigenvalue weighted by Crippen LogP contribution is -2.55. The molecule has 0 radical (unpaired) electrons. The van der Waals surface area contributed by atoms with Crippen molar-refractivity contribution in [1.82, 2.24) is 4.90 Å². The monoisotopic (exact) mass is 183 g/mol. The third kappa shape index (κ3) is 2.46. The number of nitrogens with zero attached hydrogens (tertiary/aromatic N) is 1. The lowest BCUT2D eigenvalue weighted by atomic mass is 9.74. The molecule has 1 fully saturated rings. The fourth-order valence-corrected chi connectivity index (χ4v) is 2.69. The van der Waals surface area contributed by atoms with Crippen LogP contribution in [0.3, 0.4) is 0 Å². The Morgan fingerprint density at radius 1 is 1.23 bits per heavy atom. The molecule has 1 heterocycles. The zero-order valence-electron chi connectivity index (χ0n) is 9.77. The summed E-state index contributed by atoms with van der Waals surface area (Å²) in [6.07, 6.45) is 5.42. The fraction of sp³-hybridized carbons (Fsp3) is 1.00. The summed E-state index contributed by atoms with van der Waals surface area (Å²) in [4.78, 5) is 2.66. The van der Waals surface area contributed by atoms with Crippen molar-refractivity contribution in [3.05, 3.63) is 0 Å². The van der Waals surface area contributed by atoms with Gasteiger partial charge in [-0.1, -0.05) is 34.1 Å². The lowest BCUT2D eigenvalue weighted by Gasteiger charge is -2.50. The molecular formula is C12H25N. The maximum absolute atomic E-state index is 2.66. The summed E-state index contributed by atoms with van der Waals surface area (Å²) >= 11 is 0. The average molecular weight is 183 g/mol. The van der Waals surface area contributed by atoms with Crippen LogP contribution in [0.5, 0.6) is 0 Å². The fourth-order valence-electron chi connectivity index (χ4n) is 2.69. The van der Waals surface area contributed by atoms with Gasteiger partial charge < -0.3 is 0 Å². The first kappa shape index (κ1) is 11.0. The molecule has 1 aliphatic heterocycles. The van der Waals surface area contributed by atoms with E-state index < -0.39 is 0 Å². The van der Waals surface area contributed by atoms with Gasteiger partial charge in [0.2, 0.25) is 0 Å². The summed E-state index contributed by atoms with van der Waals surface area (Å²) in [5.41, 5.74) is 0.544. The Kier molecular flexibility index (Phi) is 3.78. The summed E-state index contributed by atoms with van der Waals surface area (Å²) in [7, 11) is 0. The molecule has 0 aromatic heterocycles. The van der Waals surface area contributed by atoms with Crippen LogP contribution in [0.25, 0.3) is 0 Å². The summed E-state index contributed by atoms with van der Waals surface area (Å²) in [6.45, 7) is 12.1. The van der Waals surface area contributed by atoms with Gasteiger partial charge in [0.15, 0.2) is 0 Å². The molecule has 0 aromatic carbocycles. The van der Waals surface area contributed by atoms with Crippen LogP contribution in [0.2, 0.25) is 0 Å². The Morgan fingerprint density at radius 3 is 2.31 bits per heavy atom. The SMILES string of the molecule is CCCN1CCC1C(C)(C)CCC. The summed E-state index contributed by atoms with van der Waals surface area (Å²) in [5, 5.41) is 0. The minimum atomic E-state index is 0.544. The zero-order valence-corrected chi connectivity index (χ0v) is 9.77. The summed E-state index contributed by atoms with van der Waals surface area (Å²) in [6, 6.07) is 0.868. The number of likely N-dealkylation sites (tertiary alicyclic amines) is 1. The van der Waals surface area contributed by atoms with Gasteiger partial charge in [0, 0.05) is 6.04 Å². The lowest BCUT2D eigenvalue weighted by molar-refractivity contribution is -0.00190. The molecule has 0 aliphatic carbocycles. The van der Waals surface area contributed by atoms with Crippen LogP contribution in [0, 0.1) is 5.41 Å². The summed E-state index contributed by atoms with van der Waals surface area (Å²) < 4.78 is 0. The van der Waals surface area contributed by atoms with E-state index in [-0.39, 0.29) is 0 Å². The van der Waals surface area contributed by atoms with Gasteiger partial charge in [-0.25, -0.2) is 0 Å². The van der Waals surface area contributed by atoms with Gasteiger partial charge in [0.25, 0.3) is 0 Å². The predicted octanol–water partition coefficient (Wildman–Crippen LogP) is 3.30. The van der Waals surface area contributed by atoms with Gasteiger partial charge in [-0.3, -0.25) is 4.90 Å². The van der Waals surface area contributed by atoms with Crippen molar-refractivity contribution in [2.24, 2.45) is 5.41 Å². The van der Waals surface area contributed by atoms with E-state index in [9.17, 15) is 0 Å². The molecule has 78 valence electrons. The summed E-state index contributed by atoms with van der Waals surface area (Å²) in [5.74, 6) is 0. The molecule has 1 rings (SSSR count). The smallest absolute Gasteiger partial charge is 0.0159 e. The maximum atomic E-state index is 2.66. The highest BCUT2D eigenvalue weighted by molar-refractivity contribution is 4.93. The zero-order chi connectivity index (χ0) is 9.90. The minimum Gasteiger partial charge on any atom is -0.300 e. The molecule has 0 amide bonds. The number of hydrogen-bond acceptors (Lipinski definition) is 1. The van der Waals surface area contributed by atoms with Gasteiger partial charge in [0.1, 0.15) is 0 Å². The van der Waals surface area contributed by atoms with E-state index in [0.29, 0.717) is 5.41 Å². The average Bonchev–Trinajstić information content (AvgIpc) is 1.96. The molecule has 1 heteroatoms. The first-order valence-corrected chi connectivity index (χ1v) is 5.86. The van der Waals surface area contributed by atoms with Crippen LogP contribution in [0.4, 0.5) is 0 Å². The van der Waals surface area contributed by atoms with Crippen molar-refractivity contribution in [3.8, 4) is 0 Å². The second kappa shape index (κ2) is 4.45. The second-order valence-corrected chi connectivity index (χ2v) is 5.08. The van der Waals surface area contributed by atoms with E-state index in [0.717, 1.165) is 6.04 Å². The highest BCUT2D eigenvalue weighted by atomic mass is 15.2. The van der Waals surface area contributed by atoms with Crippen LogP contribution in [0.1, 0.15) is 53.4 Å². The van der Waals surface area contributed by atoms with E-state index in [4.69, 9.17) is 0 Å². The molecule has 1 nitrogen and oxygen atoms in total. The van der Waals surface area contributed by atoms with Crippen molar-refractivity contribution in [2.75, 3.05) is 13.1 Å². The Bertz CT molecular complexity index is 151. The van der Waals surface area contributed by atoms with Gasteiger partial charge in [0.05, 0.1) is 0 Å². The van der Waals surface area contributed by atoms with Crippen molar-refractivity contribution in [2.45, 2.75) is 59.4 Å². The minimum absolute atomic E-state index is 0.544. The van der Waals surface area contributed by atoms with E-state index in [1.807, 2.05) is 0 Å². The van der Waals surface area contributed by atoms with Crippen LogP contribution in [0.15, 0.2) is 0 Å². The Balaban J connectivity index is 2.42. The first-order valence-electron chi connectivity index (χ1n) is 5.86. The first-order chi connectivity index (χ1) is 6.11. The van der Waals surface area contributed by atoms with Crippen LogP contribution in [-0.4, -0.2) is 24.0 Å². The molecular weight excluding hydrogens is 158 g/mol. The topological polar surface area (TPSA) is 3.24 Å². The predicted molar refractivity (Wildman–Crippen MR) is 59.0 cm³/mol. The highest BCUT2D eigenvalue weighted by Gasteiger charge is 2.38. The van der Waals surface area contributed by atoms with Crippen molar-refractivity contribution >= 4 is 0 Å². The largest absolute Gasteiger partial charge is 0.300 e. The van der Waals surface area contributed by atoms with E-state index >= 15 is 0 Å². The molecule has 0 N–H and O–H groups in total. The Labute approximate surface area is 83.5 Å². The third-order valence-corrected chi connectivity index (χ3v) is 3.44. The van der Waals surface area contributed by atoms with Crippen LogP contribution < -0.4 is 0 Å². The van der Waals surface area contributed by atoms with Gasteiger partial charge in [-0.2, -0.15) is 0 Å². The molecule has 1 saturated heterocycles. The maximum Gasteiger partial charge on any atom is 0.0159 e. The second-order valence-electron chi connectivity index (χ2n) is 5.08. The number of rotatable bonds is 5. The Morgan fingerprint density at radius 2 is 1.92 bits per heavy atom. The third-order valence-electron chi connectivity index (χ3n) is 3.44. The normalized spacial score (nSPS) is 24.5. The molecule has 0 spiro atoms. The van der Waals surface area contributed by atoms with E-state index in [1.54, 1.807) is 0 Å². The molecule has 0 saturated carbocycles. The molecule has 0 aromatic rings. The standard InChI is InChI=1S/C12H25N/c1-5-8-12(3,4)11-7-10-13(11)9-6-2/h11H,5-10H2,1-4H3. The molecule has 0 bridgehead atoms. The Hall–Kier alpha value is -0.0400. The quantitative estimate of drug-likeness (QED) is 0.632. The highest BCUT2D eigenvalue weighted by Crippen LogP contribution is 2.37. The van der Waals surface area contributed by atoms with Crippen molar-refractivity contribution in [1.29, 1.82) is 0 Å².